The summed E-state index contributed by atoms with van der Waals surface area (Å²) >= 11 is 0. The molecule has 0 radical (unpaired) electrons. The number of ether oxygens (including phenoxy) is 1. The minimum Gasteiger partial charge on any atom is -0.497 e. The Morgan fingerprint density at radius 2 is 1.92 bits per heavy atom. The monoisotopic (exact) mass is 319 g/mol. The highest BCUT2D eigenvalue weighted by Crippen LogP contribution is 2.24. The molecule has 0 N–H and O–H groups in total. The maximum Gasteiger partial charge on any atom is 0.344 e. The molecule has 0 aliphatic rings. The fourth-order valence-electron chi connectivity index (χ4n) is 2.56. The lowest BCUT2D eigenvalue weighted by molar-refractivity contribution is 0.415. The summed E-state index contributed by atoms with van der Waals surface area (Å²) in [7, 11) is 1.60. The molecule has 0 atom stereocenters. The van der Waals surface area contributed by atoms with E-state index in [1.807, 2.05) is 42.5 Å². The molecule has 0 fully saturated rings. The first-order valence-corrected chi connectivity index (χ1v) is 7.33. The van der Waals surface area contributed by atoms with Crippen LogP contribution in [-0.2, 0) is 0 Å². The zero-order valence-corrected chi connectivity index (χ0v) is 12.8. The van der Waals surface area contributed by atoms with Crippen molar-refractivity contribution in [2.45, 2.75) is 0 Å². The van der Waals surface area contributed by atoms with E-state index in [-0.39, 0.29) is 5.63 Å². The second-order valence-electron chi connectivity index (χ2n) is 5.25. The van der Waals surface area contributed by atoms with Gasteiger partial charge in [-0.1, -0.05) is 17.3 Å². The summed E-state index contributed by atoms with van der Waals surface area (Å²) in [6.07, 6.45) is 3.32. The molecular formula is C18H13N3O3. The fourth-order valence-corrected chi connectivity index (χ4v) is 2.56. The SMILES string of the molecule is COc1ccc(-c2cc3ccc(-n4ccnn4)cc3oc2=O)cc1. The molecule has 2 aromatic carbocycles. The summed E-state index contributed by atoms with van der Waals surface area (Å²) in [5, 5.41) is 8.54. The first-order valence-electron chi connectivity index (χ1n) is 7.33. The van der Waals surface area contributed by atoms with E-state index in [0.717, 1.165) is 22.4 Å². The molecule has 0 aliphatic carbocycles. The first kappa shape index (κ1) is 14.2. The number of benzene rings is 2. The second kappa shape index (κ2) is 5.66. The van der Waals surface area contributed by atoms with Crippen molar-refractivity contribution in [2.75, 3.05) is 7.11 Å². The van der Waals surface area contributed by atoms with Crippen LogP contribution in [-0.4, -0.2) is 22.1 Å². The van der Waals surface area contributed by atoms with Crippen LogP contribution in [0.4, 0.5) is 0 Å². The Labute approximate surface area is 136 Å². The fraction of sp³-hybridized carbons (Fsp3) is 0.0556. The van der Waals surface area contributed by atoms with Gasteiger partial charge in [-0.3, -0.25) is 0 Å². The Kier molecular flexibility index (Phi) is 3.35. The van der Waals surface area contributed by atoms with Gasteiger partial charge in [0, 0.05) is 11.5 Å². The van der Waals surface area contributed by atoms with Crippen molar-refractivity contribution in [1.29, 1.82) is 0 Å². The van der Waals surface area contributed by atoms with Gasteiger partial charge in [0.15, 0.2) is 0 Å². The molecule has 6 nitrogen and oxygen atoms in total. The Bertz CT molecular complexity index is 1050. The molecule has 6 heteroatoms. The Morgan fingerprint density at radius 1 is 1.08 bits per heavy atom. The molecule has 24 heavy (non-hydrogen) atoms. The number of nitrogens with zero attached hydrogens (tertiary/aromatic N) is 3. The average Bonchev–Trinajstić information content (AvgIpc) is 3.15. The van der Waals surface area contributed by atoms with E-state index < -0.39 is 0 Å². The number of methoxy groups -OCH3 is 1. The summed E-state index contributed by atoms with van der Waals surface area (Å²) in [6.45, 7) is 0. The highest BCUT2D eigenvalue weighted by molar-refractivity contribution is 5.83. The molecular weight excluding hydrogens is 306 g/mol. The third kappa shape index (κ3) is 2.44. The van der Waals surface area contributed by atoms with Gasteiger partial charge in [-0.2, -0.15) is 0 Å². The van der Waals surface area contributed by atoms with Gasteiger partial charge in [0.2, 0.25) is 0 Å². The number of aromatic nitrogens is 3. The molecule has 0 aliphatic heterocycles. The topological polar surface area (TPSA) is 70.2 Å². The smallest absolute Gasteiger partial charge is 0.344 e. The number of rotatable bonds is 3. The zero-order valence-electron chi connectivity index (χ0n) is 12.8. The van der Waals surface area contributed by atoms with Crippen LogP contribution in [0.15, 0.2) is 70.1 Å². The van der Waals surface area contributed by atoms with Crippen molar-refractivity contribution in [3.63, 3.8) is 0 Å². The minimum absolute atomic E-state index is 0.386. The molecule has 2 aromatic heterocycles. The summed E-state index contributed by atoms with van der Waals surface area (Å²) in [4.78, 5) is 12.4. The van der Waals surface area contributed by atoms with E-state index in [0.29, 0.717) is 11.1 Å². The molecule has 0 saturated carbocycles. The van der Waals surface area contributed by atoms with E-state index in [1.54, 1.807) is 30.3 Å². The molecule has 118 valence electrons. The van der Waals surface area contributed by atoms with Crippen LogP contribution in [0.2, 0.25) is 0 Å². The van der Waals surface area contributed by atoms with Gasteiger partial charge >= 0.3 is 5.63 Å². The van der Waals surface area contributed by atoms with Crippen molar-refractivity contribution >= 4 is 11.0 Å². The molecule has 0 amide bonds. The number of hydrogen-bond acceptors (Lipinski definition) is 5. The van der Waals surface area contributed by atoms with Crippen molar-refractivity contribution in [3.05, 3.63) is 71.3 Å². The molecule has 4 rings (SSSR count). The van der Waals surface area contributed by atoms with Gasteiger partial charge in [-0.05, 0) is 35.9 Å². The molecule has 0 unspecified atom stereocenters. The van der Waals surface area contributed by atoms with E-state index >= 15 is 0 Å². The van der Waals surface area contributed by atoms with Crippen molar-refractivity contribution < 1.29 is 9.15 Å². The van der Waals surface area contributed by atoms with E-state index in [4.69, 9.17) is 9.15 Å². The van der Waals surface area contributed by atoms with Crippen LogP contribution in [0.3, 0.4) is 0 Å². The average molecular weight is 319 g/mol. The van der Waals surface area contributed by atoms with Gasteiger partial charge in [0.25, 0.3) is 0 Å². The van der Waals surface area contributed by atoms with Crippen LogP contribution >= 0.6 is 0 Å². The van der Waals surface area contributed by atoms with E-state index in [1.165, 1.54) is 0 Å². The Balaban J connectivity index is 1.82. The zero-order chi connectivity index (χ0) is 16.5. The maximum absolute atomic E-state index is 12.4. The van der Waals surface area contributed by atoms with Gasteiger partial charge in [0.1, 0.15) is 11.3 Å². The highest BCUT2D eigenvalue weighted by atomic mass is 16.5. The second-order valence-corrected chi connectivity index (χ2v) is 5.25. The predicted molar refractivity (Wildman–Crippen MR) is 89.4 cm³/mol. The van der Waals surface area contributed by atoms with Crippen molar-refractivity contribution in [2.24, 2.45) is 0 Å². The van der Waals surface area contributed by atoms with Gasteiger partial charge < -0.3 is 9.15 Å². The first-order chi connectivity index (χ1) is 11.7. The van der Waals surface area contributed by atoms with Crippen LogP contribution in [0.1, 0.15) is 0 Å². The van der Waals surface area contributed by atoms with E-state index in [9.17, 15) is 4.79 Å². The molecule has 0 bridgehead atoms. The minimum atomic E-state index is -0.386. The summed E-state index contributed by atoms with van der Waals surface area (Å²) in [6, 6.07) is 14.7. The third-order valence-corrected chi connectivity index (χ3v) is 3.81. The molecule has 4 aromatic rings. The normalized spacial score (nSPS) is 10.9. The lowest BCUT2D eigenvalue weighted by atomic mass is 10.1. The molecule has 0 saturated heterocycles. The summed E-state index contributed by atoms with van der Waals surface area (Å²) < 4.78 is 12.2. The van der Waals surface area contributed by atoms with Crippen molar-refractivity contribution in [3.8, 4) is 22.6 Å². The largest absolute Gasteiger partial charge is 0.497 e. The van der Waals surface area contributed by atoms with Gasteiger partial charge in [-0.25, -0.2) is 9.48 Å². The lowest BCUT2D eigenvalue weighted by Crippen LogP contribution is -2.03. The number of hydrogen-bond donors (Lipinski definition) is 0. The third-order valence-electron chi connectivity index (χ3n) is 3.81. The van der Waals surface area contributed by atoms with Crippen LogP contribution in [0, 0.1) is 0 Å². The Morgan fingerprint density at radius 3 is 2.62 bits per heavy atom. The molecule has 2 heterocycles. The maximum atomic E-state index is 12.4. The van der Waals surface area contributed by atoms with E-state index in [2.05, 4.69) is 10.3 Å². The van der Waals surface area contributed by atoms with Gasteiger partial charge in [0.05, 0.1) is 30.8 Å². The standard InChI is InChI=1S/C18H13N3O3/c1-23-15-6-3-12(4-7-15)16-10-13-2-5-14(21-9-8-19-20-21)11-17(13)24-18(16)22/h2-11H,1H3. The summed E-state index contributed by atoms with van der Waals surface area (Å²) in [5.74, 6) is 0.737. The van der Waals surface area contributed by atoms with Crippen molar-refractivity contribution in [1.82, 2.24) is 15.0 Å². The number of fused-ring (bicyclic) bond motifs is 1. The predicted octanol–water partition coefficient (Wildman–Crippen LogP) is 3.05. The van der Waals surface area contributed by atoms with Crippen LogP contribution in [0.25, 0.3) is 27.8 Å². The quantitative estimate of drug-likeness (QED) is 0.543. The van der Waals surface area contributed by atoms with Crippen LogP contribution < -0.4 is 10.4 Å². The lowest BCUT2D eigenvalue weighted by Gasteiger charge is -2.06. The summed E-state index contributed by atoms with van der Waals surface area (Å²) in [5.41, 5.74) is 2.19. The highest BCUT2D eigenvalue weighted by Gasteiger charge is 2.09. The van der Waals surface area contributed by atoms with Crippen LogP contribution in [0.5, 0.6) is 5.75 Å². The van der Waals surface area contributed by atoms with Gasteiger partial charge in [-0.15, -0.1) is 5.10 Å². The Hall–Kier alpha value is -3.41. The molecule has 0 spiro atoms.